The number of nitrogens with zero attached hydrogens (tertiary/aromatic N) is 1. The van der Waals surface area contributed by atoms with E-state index in [4.69, 9.17) is 0 Å². The van der Waals surface area contributed by atoms with Crippen molar-refractivity contribution in [2.45, 2.75) is 24.4 Å². The van der Waals surface area contributed by atoms with Gasteiger partial charge in [0.15, 0.2) is 0 Å². The molecule has 2 aromatic rings. The van der Waals surface area contributed by atoms with Gasteiger partial charge in [-0.05, 0) is 60.3 Å². The SMILES string of the molecule is O=C(O)C(O)(c1cccs1)c1sccc1[C@@H]1CN2CCC1CC2. The summed E-state index contributed by atoms with van der Waals surface area (Å²) < 4.78 is 0. The van der Waals surface area contributed by atoms with E-state index in [-0.39, 0.29) is 0 Å². The number of hydrogen-bond donors (Lipinski definition) is 2. The third-order valence-electron chi connectivity index (χ3n) is 5.27. The Kier molecular flexibility index (Phi) is 3.80. The largest absolute Gasteiger partial charge is 0.479 e. The Labute approximate surface area is 143 Å². The van der Waals surface area contributed by atoms with Gasteiger partial charge in [-0.1, -0.05) is 6.07 Å². The van der Waals surface area contributed by atoms with Crippen LogP contribution in [0.5, 0.6) is 0 Å². The molecule has 0 spiro atoms. The van der Waals surface area contributed by atoms with E-state index in [1.165, 1.54) is 35.5 Å². The summed E-state index contributed by atoms with van der Waals surface area (Å²) >= 11 is 2.65. The lowest BCUT2D eigenvalue weighted by atomic mass is 9.74. The predicted molar refractivity (Wildman–Crippen MR) is 91.2 cm³/mol. The summed E-state index contributed by atoms with van der Waals surface area (Å²) in [5.41, 5.74) is -0.897. The molecule has 3 fully saturated rings. The maximum absolute atomic E-state index is 12.0. The molecule has 0 aliphatic carbocycles. The molecule has 0 radical (unpaired) electrons. The van der Waals surface area contributed by atoms with Crippen molar-refractivity contribution in [3.63, 3.8) is 0 Å². The zero-order valence-electron chi connectivity index (χ0n) is 12.6. The van der Waals surface area contributed by atoms with E-state index in [1.54, 1.807) is 12.1 Å². The van der Waals surface area contributed by atoms with Crippen molar-refractivity contribution in [2.75, 3.05) is 19.6 Å². The van der Waals surface area contributed by atoms with Crippen molar-refractivity contribution in [3.8, 4) is 0 Å². The molecule has 0 amide bonds. The van der Waals surface area contributed by atoms with Crippen molar-refractivity contribution in [3.05, 3.63) is 44.3 Å². The van der Waals surface area contributed by atoms with Crippen LogP contribution in [0.4, 0.5) is 0 Å². The van der Waals surface area contributed by atoms with Gasteiger partial charge in [-0.15, -0.1) is 22.7 Å². The molecule has 5 rings (SSSR count). The van der Waals surface area contributed by atoms with Crippen molar-refractivity contribution in [1.82, 2.24) is 4.90 Å². The Morgan fingerprint density at radius 2 is 2.00 bits per heavy atom. The fourth-order valence-electron chi connectivity index (χ4n) is 4.02. The van der Waals surface area contributed by atoms with E-state index in [0.29, 0.717) is 21.6 Å². The lowest BCUT2D eigenvalue weighted by Gasteiger charge is -2.45. The number of carbonyl (C=O) groups is 1. The first-order valence-corrected chi connectivity index (χ1v) is 9.66. The van der Waals surface area contributed by atoms with Crippen LogP contribution in [0.2, 0.25) is 0 Å². The van der Waals surface area contributed by atoms with Crippen LogP contribution in [0.1, 0.15) is 34.1 Å². The minimum atomic E-state index is -1.93. The van der Waals surface area contributed by atoms with Crippen molar-refractivity contribution in [1.29, 1.82) is 0 Å². The van der Waals surface area contributed by atoms with E-state index in [1.807, 2.05) is 16.8 Å². The van der Waals surface area contributed by atoms with Crippen LogP contribution in [-0.2, 0) is 10.4 Å². The topological polar surface area (TPSA) is 60.8 Å². The van der Waals surface area contributed by atoms with Gasteiger partial charge in [-0.3, -0.25) is 0 Å². The number of carboxylic acids is 1. The molecular weight excluding hydrogens is 330 g/mol. The molecule has 6 heteroatoms. The fraction of sp³-hybridized carbons (Fsp3) is 0.471. The molecule has 122 valence electrons. The second kappa shape index (κ2) is 5.70. The van der Waals surface area contributed by atoms with Crippen LogP contribution in [0.3, 0.4) is 0 Å². The second-order valence-corrected chi connectivity index (χ2v) is 8.31. The first kappa shape index (κ1) is 15.3. The van der Waals surface area contributed by atoms with E-state index in [9.17, 15) is 15.0 Å². The fourth-order valence-corrected chi connectivity index (χ4v) is 5.98. The average molecular weight is 349 g/mol. The maximum atomic E-state index is 12.0. The zero-order valence-corrected chi connectivity index (χ0v) is 14.3. The monoisotopic (exact) mass is 349 g/mol. The highest BCUT2D eigenvalue weighted by atomic mass is 32.1. The number of hydrogen-bond acceptors (Lipinski definition) is 5. The number of aliphatic carboxylic acids is 1. The molecule has 23 heavy (non-hydrogen) atoms. The molecule has 0 aromatic carbocycles. The number of piperidine rings is 3. The lowest BCUT2D eigenvalue weighted by molar-refractivity contribution is -0.154. The van der Waals surface area contributed by atoms with Crippen molar-refractivity contribution >= 4 is 28.6 Å². The molecule has 3 saturated heterocycles. The highest BCUT2D eigenvalue weighted by Crippen LogP contribution is 2.46. The molecule has 2 aromatic heterocycles. The first-order chi connectivity index (χ1) is 11.1. The Hall–Kier alpha value is -1.21. The minimum absolute atomic E-state index is 0.338. The number of rotatable bonds is 4. The summed E-state index contributed by atoms with van der Waals surface area (Å²) in [5, 5.41) is 24.6. The van der Waals surface area contributed by atoms with Crippen LogP contribution in [0, 0.1) is 5.92 Å². The second-order valence-electron chi connectivity index (χ2n) is 6.44. The number of thiophene rings is 2. The molecule has 5 heterocycles. The Morgan fingerprint density at radius 1 is 1.22 bits per heavy atom. The normalized spacial score (nSPS) is 29.3. The standard InChI is InChI=1S/C17H19NO3S2/c19-16(20)17(21,14-2-1-8-22-14)15-12(5-9-23-15)13-10-18-6-3-11(13)4-7-18/h1-2,5,8-9,11,13,21H,3-4,6-7,10H2,(H,19,20)/t13-,17?/m1/s1. The highest BCUT2D eigenvalue weighted by molar-refractivity contribution is 7.12. The van der Waals surface area contributed by atoms with E-state index in [0.717, 1.165) is 25.2 Å². The molecule has 2 N–H and O–H groups in total. The summed E-state index contributed by atoms with van der Waals surface area (Å²) in [6, 6.07) is 5.52. The molecule has 1 unspecified atom stereocenters. The van der Waals surface area contributed by atoms with Crippen LogP contribution in [0.15, 0.2) is 29.0 Å². The molecule has 3 aliphatic rings. The van der Waals surface area contributed by atoms with Gasteiger partial charge >= 0.3 is 5.97 Å². The number of carboxylic acid groups (broad SMARTS) is 1. The Bertz CT molecular complexity index is 703. The summed E-state index contributed by atoms with van der Waals surface area (Å²) in [6.45, 7) is 3.28. The summed E-state index contributed by atoms with van der Waals surface area (Å²) in [4.78, 5) is 15.5. The predicted octanol–water partition coefficient (Wildman–Crippen LogP) is 2.94. The van der Waals surface area contributed by atoms with Crippen molar-refractivity contribution in [2.24, 2.45) is 5.92 Å². The lowest BCUT2D eigenvalue weighted by Crippen LogP contribution is -2.47. The Balaban J connectivity index is 1.78. The van der Waals surface area contributed by atoms with Crippen LogP contribution < -0.4 is 0 Å². The van der Waals surface area contributed by atoms with Crippen LogP contribution >= 0.6 is 22.7 Å². The zero-order chi connectivity index (χ0) is 16.0. The first-order valence-electron chi connectivity index (χ1n) is 7.90. The molecular formula is C17H19NO3S2. The van der Waals surface area contributed by atoms with Gasteiger partial charge in [0, 0.05) is 12.5 Å². The summed E-state index contributed by atoms with van der Waals surface area (Å²) in [7, 11) is 0. The number of aliphatic hydroxyl groups is 1. The summed E-state index contributed by atoms with van der Waals surface area (Å²) in [6.07, 6.45) is 2.34. The van der Waals surface area contributed by atoms with E-state index < -0.39 is 11.6 Å². The van der Waals surface area contributed by atoms with Gasteiger partial charge in [0.25, 0.3) is 0 Å². The molecule has 0 saturated carbocycles. The van der Waals surface area contributed by atoms with Crippen LogP contribution in [-0.4, -0.2) is 40.7 Å². The molecule has 2 bridgehead atoms. The van der Waals surface area contributed by atoms with Crippen molar-refractivity contribution < 1.29 is 15.0 Å². The number of fused-ring (bicyclic) bond motifs is 3. The highest BCUT2D eigenvalue weighted by Gasteiger charge is 2.46. The average Bonchev–Trinajstić information content (AvgIpc) is 3.27. The van der Waals surface area contributed by atoms with Crippen LogP contribution in [0.25, 0.3) is 0 Å². The Morgan fingerprint density at radius 3 is 2.57 bits per heavy atom. The third-order valence-corrected chi connectivity index (χ3v) is 7.28. The smallest absolute Gasteiger partial charge is 0.347 e. The van der Waals surface area contributed by atoms with Gasteiger partial charge in [0.05, 0.1) is 9.75 Å². The maximum Gasteiger partial charge on any atom is 0.347 e. The minimum Gasteiger partial charge on any atom is -0.479 e. The van der Waals surface area contributed by atoms with E-state index >= 15 is 0 Å². The molecule has 4 nitrogen and oxygen atoms in total. The van der Waals surface area contributed by atoms with Gasteiger partial charge in [0.1, 0.15) is 0 Å². The summed E-state index contributed by atoms with van der Waals surface area (Å²) in [5.74, 6) is -0.246. The quantitative estimate of drug-likeness (QED) is 0.891. The molecule has 2 atom stereocenters. The van der Waals surface area contributed by atoms with Gasteiger partial charge in [0.2, 0.25) is 5.60 Å². The van der Waals surface area contributed by atoms with Gasteiger partial charge in [-0.2, -0.15) is 0 Å². The van der Waals surface area contributed by atoms with E-state index in [2.05, 4.69) is 4.90 Å². The van der Waals surface area contributed by atoms with Gasteiger partial charge < -0.3 is 15.1 Å². The third kappa shape index (κ3) is 2.36. The van der Waals surface area contributed by atoms with Gasteiger partial charge in [-0.25, -0.2) is 4.79 Å². The molecule has 3 aliphatic heterocycles.